The number of hydrogen-bond acceptors (Lipinski definition) is 3. The summed E-state index contributed by atoms with van der Waals surface area (Å²) < 4.78 is 4.82. The summed E-state index contributed by atoms with van der Waals surface area (Å²) in [4.78, 5) is 22.3. The van der Waals surface area contributed by atoms with Crippen LogP contribution in [0.1, 0.15) is 33.1 Å². The first-order valence-electron chi connectivity index (χ1n) is 5.37. The first-order valence-corrected chi connectivity index (χ1v) is 5.37. The molecule has 0 heterocycles. The van der Waals surface area contributed by atoms with Gasteiger partial charge in [0.1, 0.15) is 5.70 Å². The second kappa shape index (κ2) is 8.71. The fourth-order valence-electron chi connectivity index (χ4n) is 1.09. The molecule has 0 saturated heterocycles. The van der Waals surface area contributed by atoms with Gasteiger partial charge in [-0.15, -0.1) is 6.58 Å². The van der Waals surface area contributed by atoms with Crippen LogP contribution in [0.15, 0.2) is 24.4 Å². The molecule has 4 nitrogen and oxygen atoms in total. The van der Waals surface area contributed by atoms with Crippen LogP contribution < -0.4 is 5.32 Å². The number of carbonyl (C=O) groups excluding carboxylic acids is 2. The van der Waals surface area contributed by atoms with Crippen molar-refractivity contribution >= 4 is 11.9 Å². The molecule has 0 atom stereocenters. The lowest BCUT2D eigenvalue weighted by atomic mass is 10.2. The Morgan fingerprint density at radius 2 is 2.06 bits per heavy atom. The van der Waals surface area contributed by atoms with Crippen LogP contribution in [-0.4, -0.2) is 18.5 Å². The molecule has 0 rings (SSSR count). The van der Waals surface area contributed by atoms with E-state index in [4.69, 9.17) is 4.74 Å². The number of esters is 1. The Bertz CT molecular complexity index is 282. The van der Waals surface area contributed by atoms with Gasteiger partial charge in [0.2, 0.25) is 5.91 Å². The summed E-state index contributed by atoms with van der Waals surface area (Å²) >= 11 is 0. The summed E-state index contributed by atoms with van der Waals surface area (Å²) in [6.45, 7) is 6.98. The van der Waals surface area contributed by atoms with E-state index < -0.39 is 5.97 Å². The third kappa shape index (κ3) is 6.81. The number of nitrogens with one attached hydrogen (secondary N) is 1. The van der Waals surface area contributed by atoms with Gasteiger partial charge < -0.3 is 10.1 Å². The zero-order chi connectivity index (χ0) is 12.4. The SMILES string of the molecule is C=CCCC/C=C(\NC(C)=O)C(=O)OCC. The summed E-state index contributed by atoms with van der Waals surface area (Å²) in [7, 11) is 0. The largest absolute Gasteiger partial charge is 0.461 e. The lowest BCUT2D eigenvalue weighted by Gasteiger charge is -2.07. The highest BCUT2D eigenvalue weighted by atomic mass is 16.5. The minimum atomic E-state index is -0.490. The first kappa shape index (κ1) is 14.4. The Kier molecular flexibility index (Phi) is 7.85. The fraction of sp³-hybridized carbons (Fsp3) is 0.500. The van der Waals surface area contributed by atoms with E-state index in [1.807, 2.05) is 6.08 Å². The molecule has 0 aromatic heterocycles. The number of rotatable bonds is 7. The van der Waals surface area contributed by atoms with Crippen molar-refractivity contribution in [3.8, 4) is 0 Å². The van der Waals surface area contributed by atoms with Gasteiger partial charge >= 0.3 is 5.97 Å². The van der Waals surface area contributed by atoms with E-state index in [2.05, 4.69) is 11.9 Å². The molecule has 0 aliphatic heterocycles. The average molecular weight is 225 g/mol. The van der Waals surface area contributed by atoms with Gasteiger partial charge in [-0.25, -0.2) is 4.79 Å². The van der Waals surface area contributed by atoms with E-state index in [-0.39, 0.29) is 11.6 Å². The van der Waals surface area contributed by atoms with E-state index in [1.54, 1.807) is 13.0 Å². The fourth-order valence-corrected chi connectivity index (χ4v) is 1.09. The summed E-state index contributed by atoms with van der Waals surface area (Å²) in [6.07, 6.45) is 5.98. The molecule has 0 bridgehead atoms. The van der Waals surface area contributed by atoms with Crippen LogP contribution in [0.2, 0.25) is 0 Å². The molecule has 4 heteroatoms. The molecule has 0 aromatic rings. The van der Waals surface area contributed by atoms with Crippen LogP contribution in [-0.2, 0) is 14.3 Å². The number of amides is 1. The maximum atomic E-state index is 11.4. The van der Waals surface area contributed by atoms with Crippen molar-refractivity contribution in [3.63, 3.8) is 0 Å². The van der Waals surface area contributed by atoms with Gasteiger partial charge in [-0.3, -0.25) is 4.79 Å². The predicted molar refractivity (Wildman–Crippen MR) is 62.6 cm³/mol. The van der Waals surface area contributed by atoms with Gasteiger partial charge in [0.15, 0.2) is 0 Å². The second-order valence-electron chi connectivity index (χ2n) is 3.24. The van der Waals surface area contributed by atoms with Gasteiger partial charge in [0, 0.05) is 6.92 Å². The van der Waals surface area contributed by atoms with Gasteiger partial charge in [-0.05, 0) is 26.2 Å². The van der Waals surface area contributed by atoms with Crippen LogP contribution in [0.3, 0.4) is 0 Å². The number of allylic oxidation sites excluding steroid dienone is 2. The molecule has 0 fully saturated rings. The molecule has 90 valence electrons. The Morgan fingerprint density at radius 3 is 2.56 bits per heavy atom. The minimum Gasteiger partial charge on any atom is -0.461 e. The first-order chi connectivity index (χ1) is 7.61. The normalized spacial score (nSPS) is 10.8. The maximum absolute atomic E-state index is 11.4. The molecule has 0 aliphatic rings. The van der Waals surface area contributed by atoms with Gasteiger partial charge in [0.05, 0.1) is 6.61 Å². The van der Waals surface area contributed by atoms with Crippen molar-refractivity contribution in [3.05, 3.63) is 24.4 Å². The Balaban J connectivity index is 4.33. The topological polar surface area (TPSA) is 55.4 Å². The Morgan fingerprint density at radius 1 is 1.38 bits per heavy atom. The molecule has 0 radical (unpaired) electrons. The van der Waals surface area contributed by atoms with E-state index in [9.17, 15) is 9.59 Å². The Hall–Kier alpha value is -1.58. The number of unbranched alkanes of at least 4 members (excludes halogenated alkanes) is 2. The third-order valence-corrected chi connectivity index (χ3v) is 1.77. The molecule has 16 heavy (non-hydrogen) atoms. The number of ether oxygens (including phenoxy) is 1. The van der Waals surface area contributed by atoms with Crippen molar-refractivity contribution in [1.29, 1.82) is 0 Å². The minimum absolute atomic E-state index is 0.221. The highest BCUT2D eigenvalue weighted by Gasteiger charge is 2.10. The van der Waals surface area contributed by atoms with E-state index in [0.29, 0.717) is 13.0 Å². The van der Waals surface area contributed by atoms with Crippen LogP contribution in [0.5, 0.6) is 0 Å². The third-order valence-electron chi connectivity index (χ3n) is 1.77. The molecule has 0 saturated carbocycles. The molecule has 1 amide bonds. The van der Waals surface area contributed by atoms with Crippen molar-refractivity contribution in [2.75, 3.05) is 6.61 Å². The van der Waals surface area contributed by atoms with Crippen molar-refractivity contribution in [2.45, 2.75) is 33.1 Å². The molecule has 0 aliphatic carbocycles. The zero-order valence-electron chi connectivity index (χ0n) is 9.91. The quantitative estimate of drug-likeness (QED) is 0.312. The summed E-state index contributed by atoms with van der Waals surface area (Å²) in [6, 6.07) is 0. The zero-order valence-corrected chi connectivity index (χ0v) is 9.91. The van der Waals surface area contributed by atoms with Crippen molar-refractivity contribution in [2.24, 2.45) is 0 Å². The predicted octanol–water partition coefficient (Wildman–Crippen LogP) is 1.93. The maximum Gasteiger partial charge on any atom is 0.354 e. The summed E-state index contributed by atoms with van der Waals surface area (Å²) in [5.74, 6) is -0.765. The highest BCUT2D eigenvalue weighted by Crippen LogP contribution is 2.02. The van der Waals surface area contributed by atoms with Crippen molar-refractivity contribution in [1.82, 2.24) is 5.32 Å². The van der Waals surface area contributed by atoms with E-state index in [1.165, 1.54) is 6.92 Å². The summed E-state index contributed by atoms with van der Waals surface area (Å²) in [5, 5.41) is 2.46. The van der Waals surface area contributed by atoms with Crippen LogP contribution in [0, 0.1) is 0 Å². The van der Waals surface area contributed by atoms with Crippen LogP contribution in [0.25, 0.3) is 0 Å². The standard InChI is InChI=1S/C12H19NO3/c1-4-6-7-8-9-11(13-10(3)14)12(15)16-5-2/h4,9H,1,5-8H2,2-3H3,(H,13,14)/b11-9-. The molecular formula is C12H19NO3. The molecule has 0 unspecified atom stereocenters. The lowest BCUT2D eigenvalue weighted by Crippen LogP contribution is -2.26. The van der Waals surface area contributed by atoms with Gasteiger partial charge in [0.25, 0.3) is 0 Å². The van der Waals surface area contributed by atoms with Gasteiger partial charge in [-0.2, -0.15) is 0 Å². The average Bonchev–Trinajstić information content (AvgIpc) is 2.22. The lowest BCUT2D eigenvalue weighted by molar-refractivity contribution is -0.140. The molecule has 1 N–H and O–H groups in total. The number of carbonyl (C=O) groups is 2. The van der Waals surface area contributed by atoms with Crippen LogP contribution >= 0.6 is 0 Å². The molecule has 0 spiro atoms. The molecule has 0 aromatic carbocycles. The van der Waals surface area contributed by atoms with E-state index >= 15 is 0 Å². The highest BCUT2D eigenvalue weighted by molar-refractivity contribution is 5.93. The number of hydrogen-bond donors (Lipinski definition) is 1. The van der Waals surface area contributed by atoms with Crippen LogP contribution in [0.4, 0.5) is 0 Å². The second-order valence-corrected chi connectivity index (χ2v) is 3.24. The monoisotopic (exact) mass is 225 g/mol. The summed E-state index contributed by atoms with van der Waals surface area (Å²) in [5.41, 5.74) is 0.221. The molecular weight excluding hydrogens is 206 g/mol. The Labute approximate surface area is 96.4 Å². The smallest absolute Gasteiger partial charge is 0.354 e. The van der Waals surface area contributed by atoms with Crippen molar-refractivity contribution < 1.29 is 14.3 Å². The van der Waals surface area contributed by atoms with E-state index in [0.717, 1.165) is 12.8 Å². The van der Waals surface area contributed by atoms with Gasteiger partial charge in [-0.1, -0.05) is 12.2 Å².